The van der Waals surface area contributed by atoms with Crippen LogP contribution in [0.4, 0.5) is 5.69 Å². The maximum Gasteiger partial charge on any atom is 0.238 e. The van der Waals surface area contributed by atoms with Crippen LogP contribution in [0.5, 0.6) is 0 Å². The minimum Gasteiger partial charge on any atom is -0.328 e. The predicted molar refractivity (Wildman–Crippen MR) is 77.9 cm³/mol. The van der Waals surface area contributed by atoms with Crippen LogP contribution in [0.15, 0.2) is 30.3 Å². The van der Waals surface area contributed by atoms with E-state index >= 15 is 0 Å². The molecule has 1 fully saturated rings. The summed E-state index contributed by atoms with van der Waals surface area (Å²) >= 11 is 0. The number of nitrogens with zero attached hydrogens (tertiary/aromatic N) is 1. The summed E-state index contributed by atoms with van der Waals surface area (Å²) in [5.74, 6) is 0.565. The highest BCUT2D eigenvalue weighted by atomic mass is 16.2. The van der Waals surface area contributed by atoms with Crippen molar-refractivity contribution >= 4 is 11.6 Å². The molecule has 2 unspecified atom stereocenters. The molecule has 0 aromatic heterocycles. The maximum atomic E-state index is 12.0. The molecule has 1 amide bonds. The SMILES string of the molecule is CC(N)C1CCCN(CC(=O)Nc2ccccc2)C1. The third kappa shape index (κ3) is 4.33. The number of rotatable bonds is 4. The summed E-state index contributed by atoms with van der Waals surface area (Å²) in [4.78, 5) is 14.2. The zero-order valence-corrected chi connectivity index (χ0v) is 11.5. The van der Waals surface area contributed by atoms with Crippen LogP contribution in [0.2, 0.25) is 0 Å². The van der Waals surface area contributed by atoms with Crippen LogP contribution in [0.1, 0.15) is 19.8 Å². The molecular formula is C15H23N3O. The Balaban J connectivity index is 1.82. The van der Waals surface area contributed by atoms with Crippen molar-refractivity contribution in [3.8, 4) is 0 Å². The van der Waals surface area contributed by atoms with E-state index in [0.29, 0.717) is 12.5 Å². The summed E-state index contributed by atoms with van der Waals surface area (Å²) in [7, 11) is 0. The number of anilines is 1. The van der Waals surface area contributed by atoms with E-state index in [-0.39, 0.29) is 11.9 Å². The summed E-state index contributed by atoms with van der Waals surface area (Å²) in [5.41, 5.74) is 6.81. The molecule has 3 N–H and O–H groups in total. The first-order chi connectivity index (χ1) is 9.15. The lowest BCUT2D eigenvalue weighted by molar-refractivity contribution is -0.117. The van der Waals surface area contributed by atoms with Gasteiger partial charge in [0.2, 0.25) is 5.91 Å². The van der Waals surface area contributed by atoms with Crippen molar-refractivity contribution in [3.05, 3.63) is 30.3 Å². The number of benzene rings is 1. The third-order valence-electron chi connectivity index (χ3n) is 3.71. The first-order valence-electron chi connectivity index (χ1n) is 6.98. The molecule has 1 aliphatic heterocycles. The van der Waals surface area contributed by atoms with E-state index in [2.05, 4.69) is 17.1 Å². The van der Waals surface area contributed by atoms with Crippen molar-refractivity contribution in [2.45, 2.75) is 25.8 Å². The number of carbonyl (C=O) groups is 1. The molecule has 1 aromatic rings. The average Bonchev–Trinajstić information content (AvgIpc) is 2.40. The summed E-state index contributed by atoms with van der Waals surface area (Å²) in [5, 5.41) is 2.92. The number of likely N-dealkylation sites (tertiary alicyclic amines) is 1. The van der Waals surface area contributed by atoms with Crippen molar-refractivity contribution in [2.24, 2.45) is 11.7 Å². The highest BCUT2D eigenvalue weighted by Gasteiger charge is 2.23. The van der Waals surface area contributed by atoms with Gasteiger partial charge in [0.1, 0.15) is 0 Å². The van der Waals surface area contributed by atoms with Crippen molar-refractivity contribution in [1.29, 1.82) is 0 Å². The number of nitrogens with two attached hydrogens (primary N) is 1. The van der Waals surface area contributed by atoms with Gasteiger partial charge >= 0.3 is 0 Å². The largest absolute Gasteiger partial charge is 0.328 e. The fourth-order valence-electron chi connectivity index (χ4n) is 2.59. The van der Waals surface area contributed by atoms with E-state index in [0.717, 1.165) is 25.2 Å². The van der Waals surface area contributed by atoms with Gasteiger partial charge in [-0.2, -0.15) is 0 Å². The summed E-state index contributed by atoms with van der Waals surface area (Å²) in [6.07, 6.45) is 2.30. The van der Waals surface area contributed by atoms with Gasteiger partial charge in [0.05, 0.1) is 6.54 Å². The van der Waals surface area contributed by atoms with E-state index in [1.165, 1.54) is 6.42 Å². The van der Waals surface area contributed by atoms with Crippen molar-refractivity contribution < 1.29 is 4.79 Å². The van der Waals surface area contributed by atoms with Crippen LogP contribution in [-0.2, 0) is 4.79 Å². The van der Waals surface area contributed by atoms with Crippen molar-refractivity contribution in [1.82, 2.24) is 4.90 Å². The number of nitrogens with one attached hydrogen (secondary N) is 1. The molecule has 4 nitrogen and oxygen atoms in total. The predicted octanol–water partition coefficient (Wildman–Crippen LogP) is 1.68. The topological polar surface area (TPSA) is 58.4 Å². The molecule has 1 aliphatic rings. The Morgan fingerprint density at radius 2 is 2.21 bits per heavy atom. The lowest BCUT2D eigenvalue weighted by Gasteiger charge is -2.34. The molecule has 0 spiro atoms. The molecule has 2 atom stereocenters. The second-order valence-corrected chi connectivity index (χ2v) is 5.41. The number of amides is 1. The van der Waals surface area contributed by atoms with Crippen molar-refractivity contribution in [3.63, 3.8) is 0 Å². The monoisotopic (exact) mass is 261 g/mol. The molecule has 0 aliphatic carbocycles. The molecule has 0 saturated carbocycles. The van der Waals surface area contributed by atoms with Gasteiger partial charge in [0.25, 0.3) is 0 Å². The molecule has 104 valence electrons. The zero-order valence-electron chi connectivity index (χ0n) is 11.5. The lowest BCUT2D eigenvalue weighted by Crippen LogP contribution is -2.45. The Hall–Kier alpha value is -1.39. The van der Waals surface area contributed by atoms with E-state index in [9.17, 15) is 4.79 Å². The quantitative estimate of drug-likeness (QED) is 0.867. The molecule has 19 heavy (non-hydrogen) atoms. The van der Waals surface area contributed by atoms with E-state index < -0.39 is 0 Å². The normalized spacial score (nSPS) is 21.9. The first kappa shape index (κ1) is 14.0. The van der Waals surface area contributed by atoms with Crippen LogP contribution >= 0.6 is 0 Å². The minimum absolute atomic E-state index is 0.0523. The summed E-state index contributed by atoms with van der Waals surface area (Å²) in [6, 6.07) is 9.79. The summed E-state index contributed by atoms with van der Waals surface area (Å²) in [6.45, 7) is 4.43. The highest BCUT2D eigenvalue weighted by Crippen LogP contribution is 2.18. The highest BCUT2D eigenvalue weighted by molar-refractivity contribution is 5.92. The van der Waals surface area contributed by atoms with Crippen LogP contribution in [0.3, 0.4) is 0 Å². The van der Waals surface area contributed by atoms with Crippen LogP contribution < -0.4 is 11.1 Å². The lowest BCUT2D eigenvalue weighted by atomic mass is 9.92. The van der Waals surface area contributed by atoms with E-state index in [4.69, 9.17) is 5.73 Å². The molecule has 4 heteroatoms. The number of piperidine rings is 1. The third-order valence-corrected chi connectivity index (χ3v) is 3.71. The van der Waals surface area contributed by atoms with Crippen molar-refractivity contribution in [2.75, 3.05) is 25.0 Å². The van der Waals surface area contributed by atoms with Gasteiger partial charge in [0, 0.05) is 18.3 Å². The Morgan fingerprint density at radius 3 is 2.89 bits per heavy atom. The Morgan fingerprint density at radius 1 is 1.47 bits per heavy atom. The molecule has 1 heterocycles. The van der Waals surface area contributed by atoms with Gasteiger partial charge < -0.3 is 11.1 Å². The Labute approximate surface area is 115 Å². The molecule has 0 bridgehead atoms. The molecular weight excluding hydrogens is 238 g/mol. The van der Waals surface area contributed by atoms with Gasteiger partial charge in [-0.15, -0.1) is 0 Å². The van der Waals surface area contributed by atoms with Crippen LogP contribution in [0, 0.1) is 5.92 Å². The number of hydrogen-bond acceptors (Lipinski definition) is 3. The number of para-hydroxylation sites is 1. The van der Waals surface area contributed by atoms with Crippen LogP contribution in [-0.4, -0.2) is 36.5 Å². The molecule has 0 radical (unpaired) electrons. The molecule has 1 aromatic carbocycles. The van der Waals surface area contributed by atoms with Crippen LogP contribution in [0.25, 0.3) is 0 Å². The number of carbonyl (C=O) groups excluding carboxylic acids is 1. The standard InChI is InChI=1S/C15H23N3O/c1-12(16)13-6-5-9-18(10-13)11-15(19)17-14-7-3-2-4-8-14/h2-4,7-8,12-13H,5-6,9-11,16H2,1H3,(H,17,19). The van der Waals surface area contributed by atoms with Gasteiger partial charge in [0.15, 0.2) is 0 Å². The molecule has 1 saturated heterocycles. The smallest absolute Gasteiger partial charge is 0.238 e. The van der Waals surface area contributed by atoms with Gasteiger partial charge in [-0.05, 0) is 44.4 Å². The minimum atomic E-state index is 0.0523. The first-order valence-corrected chi connectivity index (χ1v) is 6.98. The van der Waals surface area contributed by atoms with Gasteiger partial charge in [-0.1, -0.05) is 18.2 Å². The van der Waals surface area contributed by atoms with Gasteiger partial charge in [-0.3, -0.25) is 9.69 Å². The van der Waals surface area contributed by atoms with Gasteiger partial charge in [-0.25, -0.2) is 0 Å². The van der Waals surface area contributed by atoms with E-state index in [1.54, 1.807) is 0 Å². The zero-order chi connectivity index (χ0) is 13.7. The number of hydrogen-bond donors (Lipinski definition) is 2. The average molecular weight is 261 g/mol. The van der Waals surface area contributed by atoms with E-state index in [1.807, 2.05) is 30.3 Å². The summed E-state index contributed by atoms with van der Waals surface area (Å²) < 4.78 is 0. The second-order valence-electron chi connectivity index (χ2n) is 5.41. The maximum absolute atomic E-state index is 12.0. The fourth-order valence-corrected chi connectivity index (χ4v) is 2.59. The Bertz CT molecular complexity index is 405. The second kappa shape index (κ2) is 6.68. The Kier molecular flexibility index (Phi) is 4.93. The fraction of sp³-hybridized carbons (Fsp3) is 0.533. The molecule has 2 rings (SSSR count).